The van der Waals surface area contributed by atoms with Crippen molar-refractivity contribution < 1.29 is 13.9 Å². The van der Waals surface area contributed by atoms with E-state index in [-0.39, 0.29) is 23.8 Å². The van der Waals surface area contributed by atoms with Crippen LogP contribution in [-0.4, -0.2) is 50.2 Å². The molecular weight excluding hydrogens is 433 g/mol. The molecule has 3 rings (SSSR count). The van der Waals surface area contributed by atoms with E-state index >= 15 is 0 Å². The van der Waals surface area contributed by atoms with Gasteiger partial charge in [-0.15, -0.1) is 0 Å². The molecule has 0 saturated heterocycles. The van der Waals surface area contributed by atoms with E-state index in [1.807, 2.05) is 19.9 Å². The average molecular weight is 474 g/mol. The van der Waals surface area contributed by atoms with Gasteiger partial charge in [0.1, 0.15) is 26.0 Å². The Bertz CT molecular complexity index is 1000. The summed E-state index contributed by atoms with van der Waals surface area (Å²) in [6.45, 7) is 16.2. The number of halogens is 1. The van der Waals surface area contributed by atoms with E-state index in [0.29, 0.717) is 31.4 Å². The molecule has 2 aromatic rings. The van der Waals surface area contributed by atoms with Crippen LogP contribution in [0.1, 0.15) is 54.0 Å². The number of hydrogen-bond donors (Lipinski definition) is 1. The van der Waals surface area contributed by atoms with E-state index in [1.54, 1.807) is 6.07 Å². The van der Waals surface area contributed by atoms with Crippen LogP contribution in [0.3, 0.4) is 0 Å². The highest BCUT2D eigenvalue weighted by molar-refractivity contribution is 6.91. The van der Waals surface area contributed by atoms with Crippen molar-refractivity contribution in [1.82, 2.24) is 4.98 Å². The van der Waals surface area contributed by atoms with Crippen LogP contribution < -0.4 is 5.32 Å². The molecule has 0 bridgehead atoms. The Morgan fingerprint density at radius 2 is 1.61 bits per heavy atom. The lowest BCUT2D eigenvalue weighted by Crippen LogP contribution is -2.49. The van der Waals surface area contributed by atoms with Crippen molar-refractivity contribution in [3.05, 3.63) is 29.6 Å². The van der Waals surface area contributed by atoms with Crippen LogP contribution in [0.15, 0.2) is 28.2 Å². The number of nitrogens with zero attached hydrogens (tertiary/aromatic N) is 2. The van der Waals surface area contributed by atoms with E-state index in [2.05, 4.69) is 39.6 Å². The standard InChI is InChI=1S/C26H40FN3O2Si/c1-8-31-24-22(28-25(32-9-2)23(30-24)17(6)7)16-20-19-15-18(27)13-14-21(19)29-26(20)33(10-3,11-4)12-5/h13-15,17,22-23,29H,8-12,16H2,1-7H3/t22-,23+/m1/s1. The Morgan fingerprint density at radius 3 is 2.18 bits per heavy atom. The highest BCUT2D eigenvalue weighted by Gasteiger charge is 2.37. The van der Waals surface area contributed by atoms with Crippen LogP contribution in [0.5, 0.6) is 0 Å². The molecule has 33 heavy (non-hydrogen) atoms. The van der Waals surface area contributed by atoms with E-state index in [1.165, 1.54) is 16.9 Å². The Kier molecular flexibility index (Phi) is 8.37. The average Bonchev–Trinajstić information content (AvgIpc) is 3.15. The Morgan fingerprint density at radius 1 is 0.970 bits per heavy atom. The maximum Gasteiger partial charge on any atom is 0.210 e. The highest BCUT2D eigenvalue weighted by Crippen LogP contribution is 2.29. The number of H-pyrrole nitrogens is 1. The Labute approximate surface area is 198 Å². The summed E-state index contributed by atoms with van der Waals surface area (Å²) in [6, 6.07) is 8.06. The van der Waals surface area contributed by atoms with Gasteiger partial charge in [0.2, 0.25) is 11.8 Å². The van der Waals surface area contributed by atoms with Gasteiger partial charge in [0.25, 0.3) is 0 Å². The molecule has 182 valence electrons. The van der Waals surface area contributed by atoms with Crippen molar-refractivity contribution >= 4 is 36.1 Å². The number of benzene rings is 1. The molecule has 1 aliphatic rings. The monoisotopic (exact) mass is 473 g/mol. The molecule has 0 saturated carbocycles. The summed E-state index contributed by atoms with van der Waals surface area (Å²) in [7, 11) is -1.77. The first kappa shape index (κ1) is 25.5. The van der Waals surface area contributed by atoms with E-state index in [4.69, 9.17) is 19.5 Å². The van der Waals surface area contributed by atoms with Crippen molar-refractivity contribution in [1.29, 1.82) is 0 Å². The normalized spacial score (nSPS) is 19.1. The van der Waals surface area contributed by atoms with Crippen LogP contribution in [0.4, 0.5) is 4.39 Å². The zero-order valence-corrected chi connectivity index (χ0v) is 22.3. The van der Waals surface area contributed by atoms with Crippen LogP contribution in [0.25, 0.3) is 10.9 Å². The smallest absolute Gasteiger partial charge is 0.210 e. The third-order valence-corrected chi connectivity index (χ3v) is 12.7. The molecule has 7 heteroatoms. The summed E-state index contributed by atoms with van der Waals surface area (Å²) >= 11 is 0. The van der Waals surface area contributed by atoms with E-state index < -0.39 is 8.07 Å². The lowest BCUT2D eigenvalue weighted by atomic mass is 10.00. The van der Waals surface area contributed by atoms with Gasteiger partial charge in [0, 0.05) is 22.6 Å². The summed E-state index contributed by atoms with van der Waals surface area (Å²) in [5.41, 5.74) is 2.16. The van der Waals surface area contributed by atoms with Gasteiger partial charge >= 0.3 is 0 Å². The highest BCUT2D eigenvalue weighted by atomic mass is 28.3. The molecule has 0 radical (unpaired) electrons. The molecule has 1 aromatic carbocycles. The van der Waals surface area contributed by atoms with Crippen molar-refractivity contribution in [2.24, 2.45) is 15.9 Å². The minimum absolute atomic E-state index is 0.141. The van der Waals surface area contributed by atoms with Crippen molar-refractivity contribution in [3.63, 3.8) is 0 Å². The minimum Gasteiger partial charge on any atom is -0.480 e. The molecule has 0 unspecified atom stereocenters. The van der Waals surface area contributed by atoms with Gasteiger partial charge in [0.15, 0.2) is 0 Å². The molecule has 0 spiro atoms. The fourth-order valence-electron chi connectivity index (χ4n) is 5.04. The number of rotatable bonds is 9. The van der Waals surface area contributed by atoms with Crippen molar-refractivity contribution in [2.45, 2.75) is 85.1 Å². The number of aromatic nitrogens is 1. The summed E-state index contributed by atoms with van der Waals surface area (Å²) in [4.78, 5) is 13.7. The molecule has 1 aromatic heterocycles. The van der Waals surface area contributed by atoms with E-state index in [0.717, 1.165) is 29.0 Å². The number of hydrogen-bond acceptors (Lipinski definition) is 4. The van der Waals surface area contributed by atoms with Gasteiger partial charge in [-0.2, -0.15) is 0 Å². The van der Waals surface area contributed by atoms with Gasteiger partial charge in [-0.25, -0.2) is 14.4 Å². The first-order chi connectivity index (χ1) is 15.8. The molecule has 2 heterocycles. The predicted molar refractivity (Wildman–Crippen MR) is 139 cm³/mol. The minimum atomic E-state index is -1.77. The lowest BCUT2D eigenvalue weighted by Gasteiger charge is -2.31. The van der Waals surface area contributed by atoms with Gasteiger partial charge < -0.3 is 14.5 Å². The number of aliphatic imine (C=N–C) groups is 2. The molecule has 5 nitrogen and oxygen atoms in total. The zero-order chi connectivity index (χ0) is 24.2. The summed E-state index contributed by atoms with van der Waals surface area (Å²) in [6.07, 6.45) is 0.619. The topological polar surface area (TPSA) is 59.0 Å². The quantitative estimate of drug-likeness (QED) is 0.465. The molecule has 2 atom stereocenters. The summed E-state index contributed by atoms with van der Waals surface area (Å²) in [5.74, 6) is 1.38. The number of aromatic amines is 1. The second-order valence-corrected chi connectivity index (χ2v) is 14.4. The van der Waals surface area contributed by atoms with Gasteiger partial charge in [0.05, 0.1) is 13.2 Å². The summed E-state index contributed by atoms with van der Waals surface area (Å²) in [5, 5.41) is 2.28. The lowest BCUT2D eigenvalue weighted by molar-refractivity contribution is 0.276. The Balaban J connectivity index is 2.16. The molecule has 0 fully saturated rings. The Hall–Kier alpha value is -2.15. The van der Waals surface area contributed by atoms with Crippen molar-refractivity contribution in [3.8, 4) is 0 Å². The van der Waals surface area contributed by atoms with Gasteiger partial charge in [-0.3, -0.25) is 0 Å². The third kappa shape index (κ3) is 5.03. The SMILES string of the molecule is CCOC1=N[C@H](Cc2c([Si](CC)(CC)CC)[nH]c3ccc(F)cc23)C(OCC)=N[C@H]1C(C)C. The number of ether oxygens (including phenoxy) is 2. The second-order valence-electron chi connectivity index (χ2n) is 9.22. The van der Waals surface area contributed by atoms with E-state index in [9.17, 15) is 4.39 Å². The first-order valence-corrected chi connectivity index (χ1v) is 15.2. The molecule has 0 amide bonds. The van der Waals surface area contributed by atoms with Crippen molar-refractivity contribution in [2.75, 3.05) is 13.2 Å². The third-order valence-electron chi connectivity index (χ3n) is 7.13. The van der Waals surface area contributed by atoms with Crippen LogP contribution in [-0.2, 0) is 15.9 Å². The van der Waals surface area contributed by atoms with Crippen LogP contribution >= 0.6 is 0 Å². The zero-order valence-electron chi connectivity index (χ0n) is 21.3. The number of nitrogens with one attached hydrogen (secondary N) is 1. The predicted octanol–water partition coefficient (Wildman–Crippen LogP) is 5.84. The molecule has 0 aliphatic carbocycles. The maximum absolute atomic E-state index is 14.3. The van der Waals surface area contributed by atoms with Gasteiger partial charge in [-0.05, 0) is 43.5 Å². The summed E-state index contributed by atoms with van der Waals surface area (Å²) < 4.78 is 26.3. The second kappa shape index (κ2) is 10.8. The largest absolute Gasteiger partial charge is 0.480 e. The van der Waals surface area contributed by atoms with Crippen LogP contribution in [0, 0.1) is 11.7 Å². The maximum atomic E-state index is 14.3. The molecular formula is C26H40FN3O2Si. The fourth-order valence-corrected chi connectivity index (χ4v) is 8.88. The van der Waals surface area contributed by atoms with Crippen LogP contribution in [0.2, 0.25) is 18.1 Å². The molecule has 1 N–H and O–H groups in total. The van der Waals surface area contributed by atoms with Gasteiger partial charge in [-0.1, -0.05) is 52.8 Å². The molecule has 1 aliphatic heterocycles. The fraction of sp³-hybridized carbons (Fsp3) is 0.615. The first-order valence-electron chi connectivity index (χ1n) is 12.5. The number of fused-ring (bicyclic) bond motifs is 1.